The average Bonchev–Trinajstić information content (AvgIpc) is 2.61. The molecule has 19 heavy (non-hydrogen) atoms. The normalized spacial score (nSPS) is 21.2. The van der Waals surface area contributed by atoms with Crippen LogP contribution in [0.1, 0.15) is 22.3 Å². The quantitative estimate of drug-likeness (QED) is 0.474. The van der Waals surface area contributed by atoms with E-state index < -0.39 is 11.5 Å². The number of nitrogens with zero attached hydrogens (tertiary/aromatic N) is 1. The number of fused-ring (bicyclic) bond motifs is 1. The summed E-state index contributed by atoms with van der Waals surface area (Å²) < 4.78 is 4.84. The molecule has 100 valence electrons. The largest absolute Gasteiger partial charge is 0.467 e. The van der Waals surface area contributed by atoms with Crippen molar-refractivity contribution in [2.45, 2.75) is 18.9 Å². The van der Waals surface area contributed by atoms with Crippen LogP contribution in [-0.2, 0) is 9.53 Å². The third-order valence-corrected chi connectivity index (χ3v) is 3.67. The van der Waals surface area contributed by atoms with Gasteiger partial charge in [0.1, 0.15) is 0 Å². The van der Waals surface area contributed by atoms with Crippen LogP contribution in [0.5, 0.6) is 0 Å². The summed E-state index contributed by atoms with van der Waals surface area (Å²) in [4.78, 5) is 26.5. The molecule has 1 unspecified atom stereocenters. The van der Waals surface area contributed by atoms with Crippen molar-refractivity contribution in [1.82, 2.24) is 0 Å². The molecule has 0 aliphatic carbocycles. The number of aryl methyl sites for hydroxylation is 1. The zero-order valence-corrected chi connectivity index (χ0v) is 11.4. The number of carbonyl (C=O) groups is 2. The van der Waals surface area contributed by atoms with E-state index >= 15 is 0 Å². The summed E-state index contributed by atoms with van der Waals surface area (Å²) in [5.41, 5.74) is 0.990. The molecule has 1 aliphatic heterocycles. The average molecular weight is 259 g/mol. The third kappa shape index (κ3) is 1.67. The van der Waals surface area contributed by atoms with Gasteiger partial charge in [0, 0.05) is 24.7 Å². The first kappa shape index (κ1) is 13.3. The Labute approximate surface area is 112 Å². The SMILES string of the molecule is C=CCC1(C(=O)OC)C(=O)c2cc(C)ccc2N1C. The van der Waals surface area contributed by atoms with E-state index in [2.05, 4.69) is 6.58 Å². The fourth-order valence-electron chi connectivity index (χ4n) is 2.63. The Hall–Kier alpha value is -2.10. The van der Waals surface area contributed by atoms with Gasteiger partial charge < -0.3 is 9.64 Å². The lowest BCUT2D eigenvalue weighted by atomic mass is 9.89. The van der Waals surface area contributed by atoms with Crippen LogP contribution in [0.25, 0.3) is 0 Å². The van der Waals surface area contributed by atoms with E-state index in [-0.39, 0.29) is 12.2 Å². The van der Waals surface area contributed by atoms with Crippen LogP contribution in [0.2, 0.25) is 0 Å². The third-order valence-electron chi connectivity index (χ3n) is 3.67. The number of Topliss-reactive ketones (excluding diaryl/α,β-unsaturated/α-hetero) is 1. The number of benzene rings is 1. The Morgan fingerprint density at radius 1 is 1.53 bits per heavy atom. The maximum Gasteiger partial charge on any atom is 0.340 e. The summed E-state index contributed by atoms with van der Waals surface area (Å²) in [6.45, 7) is 5.56. The van der Waals surface area contributed by atoms with E-state index in [1.54, 1.807) is 18.0 Å². The second-order valence-electron chi connectivity index (χ2n) is 4.75. The molecule has 1 heterocycles. The Morgan fingerprint density at radius 2 is 2.21 bits per heavy atom. The minimum absolute atomic E-state index is 0.222. The molecule has 0 aromatic heterocycles. The zero-order valence-electron chi connectivity index (χ0n) is 11.4. The van der Waals surface area contributed by atoms with E-state index in [9.17, 15) is 9.59 Å². The molecule has 1 atom stereocenters. The molecule has 4 heteroatoms. The van der Waals surface area contributed by atoms with Gasteiger partial charge in [-0.1, -0.05) is 17.7 Å². The number of hydrogen-bond acceptors (Lipinski definition) is 4. The van der Waals surface area contributed by atoms with Gasteiger partial charge in [0.15, 0.2) is 0 Å². The van der Waals surface area contributed by atoms with Crippen molar-refractivity contribution in [3.63, 3.8) is 0 Å². The highest BCUT2D eigenvalue weighted by Gasteiger charge is 2.55. The molecule has 0 spiro atoms. The lowest BCUT2D eigenvalue weighted by molar-refractivity contribution is -0.144. The molecule has 1 aromatic rings. The molecule has 0 amide bonds. The molecule has 4 nitrogen and oxygen atoms in total. The van der Waals surface area contributed by atoms with Gasteiger partial charge in [0.05, 0.1) is 7.11 Å². The molecule has 0 N–H and O–H groups in total. The van der Waals surface area contributed by atoms with Gasteiger partial charge in [-0.2, -0.15) is 0 Å². The smallest absolute Gasteiger partial charge is 0.340 e. The molecule has 0 saturated carbocycles. The van der Waals surface area contributed by atoms with Crippen LogP contribution in [0.3, 0.4) is 0 Å². The fraction of sp³-hybridized carbons (Fsp3) is 0.333. The monoisotopic (exact) mass is 259 g/mol. The van der Waals surface area contributed by atoms with Crippen molar-refractivity contribution < 1.29 is 14.3 Å². The van der Waals surface area contributed by atoms with Crippen LogP contribution in [0.15, 0.2) is 30.9 Å². The maximum absolute atomic E-state index is 12.7. The molecule has 0 radical (unpaired) electrons. The summed E-state index contributed by atoms with van der Waals surface area (Å²) in [6.07, 6.45) is 1.80. The van der Waals surface area contributed by atoms with Crippen LogP contribution >= 0.6 is 0 Å². The second kappa shape index (κ2) is 4.53. The van der Waals surface area contributed by atoms with Crippen molar-refractivity contribution in [2.24, 2.45) is 0 Å². The Bertz CT molecular complexity index is 565. The van der Waals surface area contributed by atoms with Crippen LogP contribution < -0.4 is 4.90 Å². The first-order chi connectivity index (χ1) is 8.98. The number of methoxy groups -OCH3 is 1. The summed E-state index contributed by atoms with van der Waals surface area (Å²) in [5.74, 6) is -0.769. The first-order valence-corrected chi connectivity index (χ1v) is 6.07. The van der Waals surface area contributed by atoms with Crippen molar-refractivity contribution in [3.05, 3.63) is 42.0 Å². The first-order valence-electron chi connectivity index (χ1n) is 6.07. The van der Waals surface area contributed by atoms with Crippen molar-refractivity contribution in [3.8, 4) is 0 Å². The van der Waals surface area contributed by atoms with Gasteiger partial charge >= 0.3 is 5.97 Å². The number of esters is 1. The molecule has 1 aliphatic rings. The maximum atomic E-state index is 12.7. The minimum Gasteiger partial charge on any atom is -0.467 e. The standard InChI is InChI=1S/C15H17NO3/c1-5-8-15(14(18)19-4)13(17)11-9-10(2)6-7-12(11)16(15)3/h5-7,9H,1,8H2,2-4H3. The molecule has 0 saturated heterocycles. The number of rotatable bonds is 3. The topological polar surface area (TPSA) is 46.6 Å². The molecule has 0 fully saturated rings. The van der Waals surface area contributed by atoms with Crippen molar-refractivity contribution in [2.75, 3.05) is 19.1 Å². The van der Waals surface area contributed by atoms with E-state index in [1.807, 2.05) is 25.1 Å². The minimum atomic E-state index is -1.31. The predicted molar refractivity (Wildman–Crippen MR) is 73.5 cm³/mol. The number of anilines is 1. The van der Waals surface area contributed by atoms with Crippen LogP contribution in [0, 0.1) is 6.92 Å². The molecule has 1 aromatic carbocycles. The van der Waals surface area contributed by atoms with E-state index in [4.69, 9.17) is 4.74 Å². The van der Waals surface area contributed by atoms with E-state index in [1.165, 1.54) is 7.11 Å². The number of hydrogen-bond donors (Lipinski definition) is 0. The molecular formula is C15H17NO3. The summed E-state index contributed by atoms with van der Waals surface area (Å²) in [6, 6.07) is 5.59. The van der Waals surface area contributed by atoms with Gasteiger partial charge in [-0.3, -0.25) is 4.79 Å². The van der Waals surface area contributed by atoms with Gasteiger partial charge in [-0.15, -0.1) is 6.58 Å². The van der Waals surface area contributed by atoms with Crippen molar-refractivity contribution >= 4 is 17.4 Å². The van der Waals surface area contributed by atoms with Gasteiger partial charge in [-0.05, 0) is 19.1 Å². The van der Waals surface area contributed by atoms with Gasteiger partial charge in [0.2, 0.25) is 11.3 Å². The van der Waals surface area contributed by atoms with E-state index in [0.29, 0.717) is 5.56 Å². The van der Waals surface area contributed by atoms with Crippen LogP contribution in [-0.4, -0.2) is 31.4 Å². The van der Waals surface area contributed by atoms with Gasteiger partial charge in [0.25, 0.3) is 0 Å². The Morgan fingerprint density at radius 3 is 2.79 bits per heavy atom. The zero-order chi connectivity index (χ0) is 14.2. The highest BCUT2D eigenvalue weighted by Crippen LogP contribution is 2.40. The summed E-state index contributed by atoms with van der Waals surface area (Å²) in [5, 5.41) is 0. The van der Waals surface area contributed by atoms with Gasteiger partial charge in [-0.25, -0.2) is 4.79 Å². The fourth-order valence-corrected chi connectivity index (χ4v) is 2.63. The Balaban J connectivity index is 2.64. The number of carbonyl (C=O) groups excluding carboxylic acids is 2. The van der Waals surface area contributed by atoms with Crippen molar-refractivity contribution in [1.29, 1.82) is 0 Å². The predicted octanol–water partition coefficient (Wildman–Crippen LogP) is 2.12. The lowest BCUT2D eigenvalue weighted by Gasteiger charge is -2.32. The molecule has 2 rings (SSSR count). The Kier molecular flexibility index (Phi) is 3.18. The second-order valence-corrected chi connectivity index (χ2v) is 4.75. The van der Waals surface area contributed by atoms with E-state index in [0.717, 1.165) is 11.3 Å². The summed E-state index contributed by atoms with van der Waals surface area (Å²) >= 11 is 0. The highest BCUT2D eigenvalue weighted by molar-refractivity contribution is 6.25. The number of ether oxygens (including phenoxy) is 1. The molecular weight excluding hydrogens is 242 g/mol. The number of ketones is 1. The molecule has 0 bridgehead atoms. The highest BCUT2D eigenvalue weighted by atomic mass is 16.5. The summed E-state index contributed by atoms with van der Waals surface area (Å²) in [7, 11) is 3.03. The lowest BCUT2D eigenvalue weighted by Crippen LogP contribution is -2.55. The number of likely N-dealkylation sites (N-methyl/N-ethyl adjacent to an activating group) is 1. The van der Waals surface area contributed by atoms with Crippen LogP contribution in [0.4, 0.5) is 5.69 Å².